The number of aryl methyl sites for hydroxylation is 2. The van der Waals surface area contributed by atoms with E-state index >= 15 is 0 Å². The summed E-state index contributed by atoms with van der Waals surface area (Å²) >= 11 is 0. The highest BCUT2D eigenvalue weighted by Crippen LogP contribution is 2.35. The van der Waals surface area contributed by atoms with Crippen molar-refractivity contribution in [2.24, 2.45) is 5.92 Å². The lowest BCUT2D eigenvalue weighted by atomic mass is 9.79. The minimum Gasteiger partial charge on any atom is -0.0625 e. The largest absolute Gasteiger partial charge is 0.0625 e. The molecule has 0 saturated heterocycles. The Morgan fingerprint density at radius 2 is 1.19 bits per heavy atom. The van der Waals surface area contributed by atoms with Crippen LogP contribution >= 0.6 is 0 Å². The van der Waals surface area contributed by atoms with Gasteiger partial charge in [0.1, 0.15) is 0 Å². The molecule has 21 heavy (non-hydrogen) atoms. The molecule has 2 aromatic carbocycles. The van der Waals surface area contributed by atoms with E-state index < -0.39 is 0 Å². The topological polar surface area (TPSA) is 0 Å². The second-order valence-electron chi connectivity index (χ2n) is 6.52. The Morgan fingerprint density at radius 1 is 0.667 bits per heavy atom. The molecule has 0 heterocycles. The molecule has 1 aliphatic rings. The first-order chi connectivity index (χ1) is 10.1. The average Bonchev–Trinajstić information content (AvgIpc) is 2.50. The van der Waals surface area contributed by atoms with Crippen molar-refractivity contribution in [2.45, 2.75) is 52.4 Å². The fraction of sp³-hybridized carbons (Fsp3) is 0.429. The second-order valence-corrected chi connectivity index (χ2v) is 6.52. The predicted octanol–water partition coefficient (Wildman–Crippen LogP) is 6.28. The highest BCUT2D eigenvalue weighted by atomic mass is 14.2. The van der Waals surface area contributed by atoms with Crippen molar-refractivity contribution in [3.63, 3.8) is 0 Å². The normalized spacial score (nSPS) is 21.3. The minimum absolute atomic E-state index is 0.840. The van der Waals surface area contributed by atoms with Crippen molar-refractivity contribution in [1.82, 2.24) is 0 Å². The van der Waals surface area contributed by atoms with Gasteiger partial charge in [0.25, 0.3) is 0 Å². The van der Waals surface area contributed by atoms with Gasteiger partial charge in [-0.05, 0) is 44.1 Å². The molecule has 0 bridgehead atoms. The molecule has 0 spiro atoms. The van der Waals surface area contributed by atoms with Crippen LogP contribution in [0.25, 0.3) is 0 Å². The molecule has 0 aliphatic heterocycles. The molecular formula is C21H28. The molecule has 0 amide bonds. The summed E-state index contributed by atoms with van der Waals surface area (Å²) in [6.07, 6.45) is 5.62. The molecule has 112 valence electrons. The van der Waals surface area contributed by atoms with Gasteiger partial charge in [0.05, 0.1) is 0 Å². The Kier molecular flexibility index (Phi) is 6.04. The van der Waals surface area contributed by atoms with Gasteiger partial charge in [-0.25, -0.2) is 0 Å². The van der Waals surface area contributed by atoms with Crippen molar-refractivity contribution in [3.05, 3.63) is 71.3 Å². The van der Waals surface area contributed by atoms with Gasteiger partial charge in [-0.2, -0.15) is 0 Å². The zero-order valence-corrected chi connectivity index (χ0v) is 13.7. The summed E-state index contributed by atoms with van der Waals surface area (Å²) < 4.78 is 0. The molecule has 1 aliphatic carbocycles. The summed E-state index contributed by atoms with van der Waals surface area (Å²) in [6, 6.07) is 19.4. The predicted molar refractivity (Wildman–Crippen MR) is 92.7 cm³/mol. The van der Waals surface area contributed by atoms with Crippen molar-refractivity contribution < 1.29 is 0 Å². The summed E-state index contributed by atoms with van der Waals surface area (Å²) in [5.41, 5.74) is 4.25. The molecule has 0 aromatic heterocycles. The van der Waals surface area contributed by atoms with Gasteiger partial charge in [-0.15, -0.1) is 0 Å². The van der Waals surface area contributed by atoms with Crippen LogP contribution in [0.15, 0.2) is 54.6 Å². The lowest BCUT2D eigenvalue weighted by Crippen LogP contribution is -2.10. The summed E-state index contributed by atoms with van der Waals surface area (Å²) in [7, 11) is 0. The van der Waals surface area contributed by atoms with E-state index in [1.165, 1.54) is 36.8 Å². The van der Waals surface area contributed by atoms with Gasteiger partial charge < -0.3 is 0 Å². The molecule has 0 heteroatoms. The monoisotopic (exact) mass is 280 g/mol. The molecule has 2 aromatic rings. The number of rotatable bonds is 1. The van der Waals surface area contributed by atoms with Crippen molar-refractivity contribution in [1.29, 1.82) is 0 Å². The average molecular weight is 280 g/mol. The van der Waals surface area contributed by atoms with Crippen molar-refractivity contribution in [2.75, 3.05) is 0 Å². The van der Waals surface area contributed by atoms with Gasteiger partial charge in [0, 0.05) is 0 Å². The van der Waals surface area contributed by atoms with Crippen LogP contribution in [0.3, 0.4) is 0 Å². The van der Waals surface area contributed by atoms with Crippen molar-refractivity contribution >= 4 is 0 Å². The van der Waals surface area contributed by atoms with E-state index in [0.29, 0.717) is 0 Å². The Morgan fingerprint density at radius 3 is 1.67 bits per heavy atom. The molecular weight excluding hydrogens is 252 g/mol. The molecule has 0 nitrogen and oxygen atoms in total. The Hall–Kier alpha value is -1.56. The van der Waals surface area contributed by atoms with E-state index in [2.05, 4.69) is 57.2 Å². The lowest BCUT2D eigenvalue weighted by molar-refractivity contribution is 0.348. The molecule has 0 atom stereocenters. The molecule has 0 radical (unpaired) electrons. The maximum Gasteiger partial charge on any atom is -0.0162 e. The summed E-state index contributed by atoms with van der Waals surface area (Å²) in [5, 5.41) is 0. The van der Waals surface area contributed by atoms with Gasteiger partial charge in [0.15, 0.2) is 0 Å². The van der Waals surface area contributed by atoms with Crippen LogP contribution in [-0.2, 0) is 0 Å². The van der Waals surface area contributed by atoms with Gasteiger partial charge in [0.2, 0.25) is 0 Å². The third-order valence-corrected chi connectivity index (χ3v) is 4.51. The molecule has 0 N–H and O–H groups in total. The molecule has 3 rings (SSSR count). The van der Waals surface area contributed by atoms with Gasteiger partial charge in [-0.3, -0.25) is 0 Å². The smallest absolute Gasteiger partial charge is 0.0162 e. The van der Waals surface area contributed by atoms with E-state index in [-0.39, 0.29) is 0 Å². The minimum atomic E-state index is 0.840. The van der Waals surface area contributed by atoms with Crippen LogP contribution in [-0.4, -0.2) is 0 Å². The molecule has 1 fully saturated rings. The Labute approximate surface area is 130 Å². The van der Waals surface area contributed by atoms with Gasteiger partial charge in [-0.1, -0.05) is 85.5 Å². The number of hydrogen-bond donors (Lipinski definition) is 0. The number of hydrogen-bond acceptors (Lipinski definition) is 0. The van der Waals surface area contributed by atoms with Crippen LogP contribution in [0, 0.1) is 19.8 Å². The Balaban J connectivity index is 0.000000194. The van der Waals surface area contributed by atoms with E-state index in [1.807, 2.05) is 18.2 Å². The zero-order chi connectivity index (χ0) is 15.1. The van der Waals surface area contributed by atoms with E-state index in [9.17, 15) is 0 Å². The van der Waals surface area contributed by atoms with Crippen LogP contribution in [0.4, 0.5) is 0 Å². The van der Waals surface area contributed by atoms with Crippen molar-refractivity contribution in [3.8, 4) is 0 Å². The Bertz CT molecular complexity index is 501. The molecule has 0 unspecified atom stereocenters. The third kappa shape index (κ3) is 5.38. The van der Waals surface area contributed by atoms with Crippen LogP contribution in [0.1, 0.15) is 55.2 Å². The highest BCUT2D eigenvalue weighted by molar-refractivity contribution is 5.24. The molecule has 1 saturated carbocycles. The lowest BCUT2D eigenvalue weighted by Gasteiger charge is -2.26. The first-order valence-electron chi connectivity index (χ1n) is 8.23. The van der Waals surface area contributed by atoms with Crippen LogP contribution < -0.4 is 0 Å². The zero-order valence-electron chi connectivity index (χ0n) is 13.7. The SMILES string of the molecule is Cc1ccc(C2CCC(C)CC2)cc1.Cc1ccccc1. The third-order valence-electron chi connectivity index (χ3n) is 4.51. The fourth-order valence-electron chi connectivity index (χ4n) is 2.97. The highest BCUT2D eigenvalue weighted by Gasteiger charge is 2.19. The maximum absolute atomic E-state index is 2.38. The van der Waals surface area contributed by atoms with Crippen LogP contribution in [0.2, 0.25) is 0 Å². The second kappa shape index (κ2) is 8.02. The van der Waals surface area contributed by atoms with Gasteiger partial charge >= 0.3 is 0 Å². The quantitative estimate of drug-likeness (QED) is 0.576. The number of benzene rings is 2. The summed E-state index contributed by atoms with van der Waals surface area (Å²) in [5.74, 6) is 1.79. The van der Waals surface area contributed by atoms with E-state index in [1.54, 1.807) is 5.56 Å². The van der Waals surface area contributed by atoms with Crippen LogP contribution in [0.5, 0.6) is 0 Å². The first kappa shape index (κ1) is 15.8. The summed E-state index contributed by atoms with van der Waals surface area (Å²) in [6.45, 7) is 6.62. The summed E-state index contributed by atoms with van der Waals surface area (Å²) in [4.78, 5) is 0. The fourth-order valence-corrected chi connectivity index (χ4v) is 2.97. The van der Waals surface area contributed by atoms with E-state index in [4.69, 9.17) is 0 Å². The van der Waals surface area contributed by atoms with E-state index in [0.717, 1.165) is 11.8 Å². The standard InChI is InChI=1S/C14H20.C7H8/c1-11-3-7-13(8-4-11)14-9-5-12(2)6-10-14;1-7-5-3-2-4-6-7/h3-4,7-8,12,14H,5-6,9-10H2,1-2H3;2-6H,1H3. The maximum atomic E-state index is 2.38. The first-order valence-corrected chi connectivity index (χ1v) is 8.23.